The monoisotopic (exact) mass is 275 g/mol. The molecule has 0 aliphatic carbocycles. The molecule has 0 saturated carbocycles. The molecule has 1 heterocycles. The second kappa shape index (κ2) is 5.21. The Labute approximate surface area is 116 Å². The molecule has 2 aromatic rings. The lowest BCUT2D eigenvalue weighted by Crippen LogP contribution is -2.26. The molecule has 1 aliphatic heterocycles. The first-order valence-corrected chi connectivity index (χ1v) is 6.54. The average Bonchev–Trinajstić information content (AvgIpc) is 2.88. The number of ether oxygens (including phenoxy) is 1. The summed E-state index contributed by atoms with van der Waals surface area (Å²) in [5.41, 5.74) is 1.35. The third-order valence-corrected chi connectivity index (χ3v) is 3.74. The largest absolute Gasteiger partial charge is 0.493 e. The summed E-state index contributed by atoms with van der Waals surface area (Å²) >= 11 is 0. The number of nitrogens with one attached hydrogen (secondary N) is 1. The molecule has 3 rings (SSSR count). The first-order valence-electron chi connectivity index (χ1n) is 6.54. The fourth-order valence-corrected chi connectivity index (χ4v) is 2.79. The van der Waals surface area contributed by atoms with E-state index in [0.29, 0.717) is 12.2 Å². The van der Waals surface area contributed by atoms with Crippen molar-refractivity contribution in [3.63, 3.8) is 0 Å². The van der Waals surface area contributed by atoms with Gasteiger partial charge in [0.1, 0.15) is 17.4 Å². The van der Waals surface area contributed by atoms with Crippen molar-refractivity contribution in [1.82, 2.24) is 5.32 Å². The Kier molecular flexibility index (Phi) is 3.40. The van der Waals surface area contributed by atoms with Gasteiger partial charge in [-0.2, -0.15) is 0 Å². The number of para-hydroxylation sites is 1. The van der Waals surface area contributed by atoms with Crippen LogP contribution in [-0.2, 0) is 0 Å². The smallest absolute Gasteiger partial charge is 0.128 e. The molecular weight excluding hydrogens is 260 g/mol. The Morgan fingerprint density at radius 2 is 2.00 bits per heavy atom. The molecule has 20 heavy (non-hydrogen) atoms. The summed E-state index contributed by atoms with van der Waals surface area (Å²) < 4.78 is 33.0. The van der Waals surface area contributed by atoms with Crippen molar-refractivity contribution in [2.75, 3.05) is 13.7 Å². The van der Waals surface area contributed by atoms with E-state index in [4.69, 9.17) is 4.74 Å². The van der Waals surface area contributed by atoms with E-state index >= 15 is 0 Å². The van der Waals surface area contributed by atoms with Gasteiger partial charge in [-0.05, 0) is 31.3 Å². The summed E-state index contributed by atoms with van der Waals surface area (Å²) in [5, 5.41) is 3.08. The van der Waals surface area contributed by atoms with Crippen molar-refractivity contribution < 1.29 is 13.5 Å². The Balaban J connectivity index is 2.01. The van der Waals surface area contributed by atoms with Crippen LogP contribution in [0, 0.1) is 11.6 Å². The van der Waals surface area contributed by atoms with Crippen molar-refractivity contribution in [2.24, 2.45) is 0 Å². The molecule has 2 unspecified atom stereocenters. The SMILES string of the molecule is CNC(c1cc(F)ccc1F)C1COc2ccccc21. The van der Waals surface area contributed by atoms with Gasteiger partial charge in [-0.3, -0.25) is 0 Å². The number of halogens is 2. The minimum Gasteiger partial charge on any atom is -0.493 e. The Bertz CT molecular complexity index is 630. The van der Waals surface area contributed by atoms with Gasteiger partial charge in [0.2, 0.25) is 0 Å². The van der Waals surface area contributed by atoms with Crippen molar-refractivity contribution in [2.45, 2.75) is 12.0 Å². The number of likely N-dealkylation sites (N-methyl/N-ethyl adjacent to an activating group) is 1. The molecule has 104 valence electrons. The van der Waals surface area contributed by atoms with Gasteiger partial charge >= 0.3 is 0 Å². The number of benzene rings is 2. The van der Waals surface area contributed by atoms with E-state index < -0.39 is 11.6 Å². The average molecular weight is 275 g/mol. The summed E-state index contributed by atoms with van der Waals surface area (Å²) in [6.45, 7) is 0.459. The summed E-state index contributed by atoms with van der Waals surface area (Å²) in [6.07, 6.45) is 0. The van der Waals surface area contributed by atoms with E-state index in [-0.39, 0.29) is 12.0 Å². The second-order valence-corrected chi connectivity index (χ2v) is 4.89. The first-order chi connectivity index (χ1) is 9.70. The van der Waals surface area contributed by atoms with E-state index in [1.165, 1.54) is 6.07 Å². The van der Waals surface area contributed by atoms with Crippen molar-refractivity contribution in [1.29, 1.82) is 0 Å². The van der Waals surface area contributed by atoms with Crippen LogP contribution in [0.2, 0.25) is 0 Å². The van der Waals surface area contributed by atoms with Crippen LogP contribution < -0.4 is 10.1 Å². The lowest BCUT2D eigenvalue weighted by Gasteiger charge is -2.23. The minimum absolute atomic E-state index is 0.0347. The Morgan fingerprint density at radius 1 is 1.20 bits per heavy atom. The third-order valence-electron chi connectivity index (χ3n) is 3.74. The highest BCUT2D eigenvalue weighted by Crippen LogP contribution is 2.41. The summed E-state index contributed by atoms with van der Waals surface area (Å²) in [5.74, 6) is -0.0638. The molecule has 1 aliphatic rings. The van der Waals surface area contributed by atoms with Gasteiger partial charge in [0.15, 0.2) is 0 Å². The molecule has 2 nitrogen and oxygen atoms in total. The highest BCUT2D eigenvalue weighted by Gasteiger charge is 2.32. The lowest BCUT2D eigenvalue weighted by molar-refractivity contribution is 0.301. The van der Waals surface area contributed by atoms with Crippen molar-refractivity contribution in [3.05, 3.63) is 65.2 Å². The maximum Gasteiger partial charge on any atom is 0.128 e. The number of hydrogen-bond donors (Lipinski definition) is 1. The van der Waals surface area contributed by atoms with Gasteiger partial charge in [-0.25, -0.2) is 8.78 Å². The zero-order chi connectivity index (χ0) is 14.1. The first kappa shape index (κ1) is 13.1. The zero-order valence-corrected chi connectivity index (χ0v) is 11.1. The number of hydrogen-bond acceptors (Lipinski definition) is 2. The summed E-state index contributed by atoms with van der Waals surface area (Å²) in [7, 11) is 1.75. The van der Waals surface area contributed by atoms with Crippen LogP contribution in [0.1, 0.15) is 23.1 Å². The molecule has 0 saturated heterocycles. The van der Waals surface area contributed by atoms with Gasteiger partial charge in [-0.1, -0.05) is 18.2 Å². The van der Waals surface area contributed by atoms with Crippen LogP contribution in [0.15, 0.2) is 42.5 Å². The summed E-state index contributed by atoms with van der Waals surface area (Å²) in [4.78, 5) is 0. The van der Waals surface area contributed by atoms with Crippen LogP contribution in [0.4, 0.5) is 8.78 Å². The molecular formula is C16H15F2NO. The number of fused-ring (bicyclic) bond motifs is 1. The minimum atomic E-state index is -0.436. The molecule has 4 heteroatoms. The van der Waals surface area contributed by atoms with Gasteiger partial charge in [0.25, 0.3) is 0 Å². The molecule has 2 atom stereocenters. The van der Waals surface area contributed by atoms with Gasteiger partial charge in [0.05, 0.1) is 6.61 Å². The van der Waals surface area contributed by atoms with Gasteiger partial charge in [0, 0.05) is 23.1 Å². The predicted molar refractivity (Wildman–Crippen MR) is 72.8 cm³/mol. The van der Waals surface area contributed by atoms with Crippen molar-refractivity contribution in [3.8, 4) is 5.75 Å². The highest BCUT2D eigenvalue weighted by atomic mass is 19.1. The Morgan fingerprint density at radius 3 is 2.80 bits per heavy atom. The van der Waals surface area contributed by atoms with Crippen LogP contribution in [-0.4, -0.2) is 13.7 Å². The predicted octanol–water partition coefficient (Wildman–Crippen LogP) is 3.40. The van der Waals surface area contributed by atoms with E-state index in [2.05, 4.69) is 5.32 Å². The second-order valence-electron chi connectivity index (χ2n) is 4.89. The van der Waals surface area contributed by atoms with E-state index in [1.54, 1.807) is 7.05 Å². The molecule has 0 fully saturated rings. The van der Waals surface area contributed by atoms with Crippen LogP contribution in [0.25, 0.3) is 0 Å². The molecule has 0 radical (unpaired) electrons. The number of rotatable bonds is 3. The standard InChI is InChI=1S/C16H15F2NO/c1-19-16(12-8-10(17)6-7-14(12)18)13-9-20-15-5-3-2-4-11(13)15/h2-8,13,16,19H,9H2,1H3. The molecule has 2 aromatic carbocycles. The van der Waals surface area contributed by atoms with E-state index in [0.717, 1.165) is 23.4 Å². The van der Waals surface area contributed by atoms with Crippen molar-refractivity contribution >= 4 is 0 Å². The summed E-state index contributed by atoms with van der Waals surface area (Å²) in [6, 6.07) is 10.9. The highest BCUT2D eigenvalue weighted by molar-refractivity contribution is 5.42. The van der Waals surface area contributed by atoms with Crippen LogP contribution in [0.5, 0.6) is 5.75 Å². The van der Waals surface area contributed by atoms with Gasteiger partial charge in [-0.15, -0.1) is 0 Å². The quantitative estimate of drug-likeness (QED) is 0.927. The van der Waals surface area contributed by atoms with E-state index in [1.807, 2.05) is 24.3 Å². The lowest BCUT2D eigenvalue weighted by atomic mass is 9.88. The molecule has 0 spiro atoms. The maximum absolute atomic E-state index is 14.0. The molecule has 0 aromatic heterocycles. The molecule has 0 amide bonds. The topological polar surface area (TPSA) is 21.3 Å². The van der Waals surface area contributed by atoms with E-state index in [9.17, 15) is 8.78 Å². The zero-order valence-electron chi connectivity index (χ0n) is 11.1. The third kappa shape index (κ3) is 2.16. The fraction of sp³-hybridized carbons (Fsp3) is 0.250. The Hall–Kier alpha value is -1.94. The van der Waals surface area contributed by atoms with Gasteiger partial charge < -0.3 is 10.1 Å². The fourth-order valence-electron chi connectivity index (χ4n) is 2.79. The van der Waals surface area contributed by atoms with Crippen LogP contribution in [0.3, 0.4) is 0 Å². The normalized spacial score (nSPS) is 18.4. The van der Waals surface area contributed by atoms with Crippen LogP contribution >= 0.6 is 0 Å². The maximum atomic E-state index is 14.0. The molecule has 0 bridgehead atoms. The molecule has 1 N–H and O–H groups in total.